The second kappa shape index (κ2) is 10.9. The maximum absolute atomic E-state index is 13.8. The quantitative estimate of drug-likeness (QED) is 0.272. The van der Waals surface area contributed by atoms with Crippen LogP contribution in [-0.4, -0.2) is 84.3 Å². The molecule has 246 valence electrons. The number of likely N-dealkylation sites (tertiary alicyclic amines) is 1. The predicted octanol–water partition coefficient (Wildman–Crippen LogP) is 3.73. The number of ether oxygens (including phenoxy) is 1. The fraction of sp³-hybridized carbons (Fsp3) is 0.417. The molecule has 1 aromatic carbocycles. The van der Waals surface area contributed by atoms with E-state index in [2.05, 4.69) is 21.7 Å². The third-order valence-corrected chi connectivity index (χ3v) is 10.9. The molecule has 2 bridgehead atoms. The normalized spacial score (nSPS) is 23.7. The van der Waals surface area contributed by atoms with Crippen LogP contribution in [0, 0.1) is 11.8 Å². The third-order valence-electron chi connectivity index (χ3n) is 10.9. The van der Waals surface area contributed by atoms with Crippen molar-refractivity contribution in [2.45, 2.75) is 56.8 Å². The number of aromatic nitrogens is 5. The lowest BCUT2D eigenvalue weighted by Crippen LogP contribution is -2.41. The summed E-state index contributed by atoms with van der Waals surface area (Å²) in [7, 11) is 3.62. The van der Waals surface area contributed by atoms with E-state index in [1.54, 1.807) is 19.4 Å². The Hall–Kier alpha value is -4.81. The largest absolute Gasteiger partial charge is 0.494 e. The second-order valence-corrected chi connectivity index (χ2v) is 13.9. The van der Waals surface area contributed by atoms with Crippen molar-refractivity contribution in [2.75, 3.05) is 25.1 Å². The Morgan fingerprint density at radius 2 is 1.92 bits per heavy atom. The topological polar surface area (TPSA) is 145 Å². The van der Waals surface area contributed by atoms with Gasteiger partial charge in [-0.05, 0) is 80.0 Å². The highest BCUT2D eigenvalue weighted by Crippen LogP contribution is 2.40. The van der Waals surface area contributed by atoms with Gasteiger partial charge in [-0.1, -0.05) is 0 Å². The summed E-state index contributed by atoms with van der Waals surface area (Å²) >= 11 is 0. The van der Waals surface area contributed by atoms with E-state index in [0.29, 0.717) is 54.0 Å². The van der Waals surface area contributed by atoms with Crippen LogP contribution >= 0.6 is 0 Å². The van der Waals surface area contributed by atoms with Crippen LogP contribution in [0.3, 0.4) is 0 Å². The molecule has 2 saturated carbocycles. The number of fused-ring (bicyclic) bond motifs is 4. The first-order chi connectivity index (χ1) is 23.3. The second-order valence-electron chi connectivity index (χ2n) is 13.9. The molecule has 0 radical (unpaired) electrons. The summed E-state index contributed by atoms with van der Waals surface area (Å²) in [4.78, 5) is 44.3. The lowest BCUT2D eigenvalue weighted by molar-refractivity contribution is -0.124. The first-order valence-electron chi connectivity index (χ1n) is 16.9. The molecule has 2 aliphatic carbocycles. The molecule has 4 aliphatic rings. The van der Waals surface area contributed by atoms with E-state index in [4.69, 9.17) is 20.4 Å². The number of rotatable bonds is 7. The van der Waals surface area contributed by atoms with Crippen LogP contribution in [0.4, 0.5) is 5.82 Å². The number of methoxy groups -OCH3 is 1. The van der Waals surface area contributed by atoms with E-state index < -0.39 is 6.10 Å². The minimum atomic E-state index is -0.963. The van der Waals surface area contributed by atoms with Crippen LogP contribution in [0.2, 0.25) is 0 Å². The van der Waals surface area contributed by atoms with E-state index in [0.717, 1.165) is 58.7 Å². The molecule has 4 unspecified atom stereocenters. The van der Waals surface area contributed by atoms with Crippen molar-refractivity contribution in [1.29, 1.82) is 0 Å². The molecule has 12 heteroatoms. The van der Waals surface area contributed by atoms with Crippen molar-refractivity contribution >= 4 is 39.7 Å². The zero-order chi connectivity index (χ0) is 32.8. The molecule has 2 amide bonds. The number of pyridine rings is 2. The summed E-state index contributed by atoms with van der Waals surface area (Å²) in [6, 6.07) is 13.8. The van der Waals surface area contributed by atoms with Gasteiger partial charge in [-0.3, -0.25) is 14.5 Å². The summed E-state index contributed by atoms with van der Waals surface area (Å²) in [5.74, 6) is 2.53. The minimum absolute atomic E-state index is 0.0169. The van der Waals surface area contributed by atoms with Gasteiger partial charge in [0.05, 0.1) is 24.0 Å². The van der Waals surface area contributed by atoms with Crippen LogP contribution < -0.4 is 15.4 Å². The molecular formula is C36H38N8O4. The van der Waals surface area contributed by atoms with Gasteiger partial charge in [0.1, 0.15) is 28.8 Å². The van der Waals surface area contributed by atoms with Crippen molar-refractivity contribution in [1.82, 2.24) is 29.0 Å². The molecular weight excluding hydrogens is 608 g/mol. The van der Waals surface area contributed by atoms with Gasteiger partial charge in [0.2, 0.25) is 0 Å². The van der Waals surface area contributed by atoms with Gasteiger partial charge in [0, 0.05) is 67.9 Å². The Bertz CT molecular complexity index is 2120. The Kier molecular flexibility index (Phi) is 6.64. The number of hydrogen-bond donors (Lipinski definition) is 2. The molecule has 0 spiro atoms. The van der Waals surface area contributed by atoms with Crippen molar-refractivity contribution in [3.63, 3.8) is 0 Å². The van der Waals surface area contributed by atoms with E-state index in [-0.39, 0.29) is 23.9 Å². The number of nitrogens with two attached hydrogens (primary N) is 1. The lowest BCUT2D eigenvalue weighted by atomic mass is 10.1. The number of aryl methyl sites for hydroxylation is 1. The Balaban J connectivity index is 1.10. The Morgan fingerprint density at radius 1 is 1.06 bits per heavy atom. The van der Waals surface area contributed by atoms with Crippen molar-refractivity contribution in [3.05, 3.63) is 54.2 Å². The standard InChI is InChI=1S/C36H38N8O4/c1-41-32-25(13-23(15-29(32)48-2)35(46)44-18-22-6-9-26(44)31(22)37)40-34(41)27-14-20-5-8-24(39-33(20)43(27)17-19-3-4-19)21-7-10-30(38-16-21)42-12-11-28(45)36(42)47/h5,7-8,10,13-16,19,22,26,28,31,45H,3-4,6,9,11-12,17-18,37H2,1-2H3. The Labute approximate surface area is 277 Å². The van der Waals surface area contributed by atoms with Crippen LogP contribution in [-0.2, 0) is 18.4 Å². The fourth-order valence-corrected chi connectivity index (χ4v) is 8.07. The van der Waals surface area contributed by atoms with Gasteiger partial charge < -0.3 is 29.6 Å². The average Bonchev–Trinajstić information content (AvgIpc) is 3.28. The number of nitrogens with zero attached hydrogens (tertiary/aromatic N) is 7. The maximum atomic E-state index is 13.8. The summed E-state index contributed by atoms with van der Waals surface area (Å²) in [5.41, 5.74) is 12.0. The predicted molar refractivity (Wildman–Crippen MR) is 180 cm³/mol. The number of hydrogen-bond acceptors (Lipinski definition) is 8. The highest BCUT2D eigenvalue weighted by atomic mass is 16.5. The molecule has 3 N–H and O–H groups in total. The number of imidazole rings is 1. The molecule has 4 aromatic heterocycles. The molecule has 5 aromatic rings. The van der Waals surface area contributed by atoms with E-state index in [1.807, 2.05) is 40.8 Å². The van der Waals surface area contributed by atoms with Crippen LogP contribution in [0.15, 0.2) is 48.7 Å². The van der Waals surface area contributed by atoms with Crippen LogP contribution in [0.1, 0.15) is 42.5 Å². The van der Waals surface area contributed by atoms with Gasteiger partial charge in [-0.25, -0.2) is 15.0 Å². The third kappa shape index (κ3) is 4.53. The van der Waals surface area contributed by atoms with Crippen LogP contribution in [0.5, 0.6) is 5.75 Å². The number of piperidine rings is 1. The monoisotopic (exact) mass is 646 g/mol. The SMILES string of the molecule is COc1cc(C(=O)N2CC3CCC2C3N)cc2nc(-c3cc4ccc(-c5ccc(N6CCC(O)C6=O)nc5)nc4n3CC3CC3)n(C)c12. The van der Waals surface area contributed by atoms with Gasteiger partial charge in [0.15, 0.2) is 5.82 Å². The molecule has 2 aliphatic heterocycles. The number of carbonyl (C=O) groups excluding carboxylic acids is 2. The summed E-state index contributed by atoms with van der Waals surface area (Å²) in [5, 5.41) is 10.9. The van der Waals surface area contributed by atoms with Gasteiger partial charge in [-0.15, -0.1) is 0 Å². The number of carbonyl (C=O) groups is 2. The average molecular weight is 647 g/mol. The number of anilines is 1. The Morgan fingerprint density at radius 3 is 2.58 bits per heavy atom. The number of amides is 2. The van der Waals surface area contributed by atoms with E-state index in [9.17, 15) is 14.7 Å². The summed E-state index contributed by atoms with van der Waals surface area (Å²) in [6.07, 6.45) is 5.58. The molecule has 48 heavy (non-hydrogen) atoms. The summed E-state index contributed by atoms with van der Waals surface area (Å²) in [6.45, 7) is 1.98. The lowest BCUT2D eigenvalue weighted by Gasteiger charge is -2.27. The summed E-state index contributed by atoms with van der Waals surface area (Å²) < 4.78 is 10.2. The van der Waals surface area contributed by atoms with Crippen LogP contribution in [0.25, 0.3) is 44.8 Å². The van der Waals surface area contributed by atoms with Crippen molar-refractivity contribution in [3.8, 4) is 28.5 Å². The minimum Gasteiger partial charge on any atom is -0.494 e. The first-order valence-corrected chi connectivity index (χ1v) is 16.9. The molecule has 6 heterocycles. The van der Waals surface area contributed by atoms with Gasteiger partial charge >= 0.3 is 0 Å². The zero-order valence-electron chi connectivity index (χ0n) is 27.0. The highest BCUT2D eigenvalue weighted by molar-refractivity contribution is 6.01. The van der Waals surface area contributed by atoms with E-state index >= 15 is 0 Å². The molecule has 12 nitrogen and oxygen atoms in total. The number of benzene rings is 1. The highest BCUT2D eigenvalue weighted by Gasteiger charge is 2.47. The molecule has 2 saturated heterocycles. The molecule has 4 atom stereocenters. The molecule has 4 fully saturated rings. The van der Waals surface area contributed by atoms with Gasteiger partial charge in [-0.2, -0.15) is 0 Å². The molecule has 9 rings (SSSR count). The maximum Gasteiger partial charge on any atom is 0.257 e. The van der Waals surface area contributed by atoms with E-state index in [1.165, 1.54) is 17.7 Å². The zero-order valence-corrected chi connectivity index (χ0v) is 27.0. The van der Waals surface area contributed by atoms with Crippen molar-refractivity contribution < 1.29 is 19.4 Å². The first kappa shape index (κ1) is 29.3. The number of aliphatic hydroxyl groups is 1. The fourth-order valence-electron chi connectivity index (χ4n) is 8.07. The van der Waals surface area contributed by atoms with Gasteiger partial charge in [0.25, 0.3) is 11.8 Å². The van der Waals surface area contributed by atoms with Crippen molar-refractivity contribution in [2.24, 2.45) is 24.6 Å². The smallest absolute Gasteiger partial charge is 0.257 e. The number of aliphatic hydroxyl groups excluding tert-OH is 1.